The number of rotatable bonds is 4. The van der Waals surface area contributed by atoms with Crippen molar-refractivity contribution < 1.29 is 13.6 Å². The van der Waals surface area contributed by atoms with Crippen molar-refractivity contribution in [2.75, 3.05) is 26.7 Å². The van der Waals surface area contributed by atoms with E-state index >= 15 is 0 Å². The highest BCUT2D eigenvalue weighted by Gasteiger charge is 2.47. The molecule has 1 aromatic heterocycles. The van der Waals surface area contributed by atoms with E-state index in [1.54, 1.807) is 21.7 Å². The SMILES string of the molecule is CNC1CCN(C(=O)N2CC[C@@H](Cn3cccnc3=O)C3(CCCC3)C2)C(c2ccc(F)cc2F)C1. The molecule has 1 spiro atoms. The van der Waals surface area contributed by atoms with E-state index in [-0.39, 0.29) is 23.2 Å². The Labute approximate surface area is 210 Å². The van der Waals surface area contributed by atoms with Gasteiger partial charge in [0, 0.05) is 56.2 Å². The highest BCUT2D eigenvalue weighted by atomic mass is 19.1. The number of likely N-dealkylation sites (tertiary alicyclic amines) is 2. The van der Waals surface area contributed by atoms with Gasteiger partial charge in [0.15, 0.2) is 0 Å². The van der Waals surface area contributed by atoms with Gasteiger partial charge in [-0.1, -0.05) is 18.9 Å². The van der Waals surface area contributed by atoms with E-state index in [2.05, 4.69) is 10.3 Å². The lowest BCUT2D eigenvalue weighted by Crippen LogP contribution is -2.57. The van der Waals surface area contributed by atoms with E-state index in [9.17, 15) is 18.4 Å². The second-order valence-electron chi connectivity index (χ2n) is 10.7. The van der Waals surface area contributed by atoms with E-state index in [0.717, 1.165) is 44.6 Å². The smallest absolute Gasteiger partial charge is 0.324 e. The number of amides is 2. The third-order valence-corrected chi connectivity index (χ3v) is 8.77. The number of halogens is 2. The first kappa shape index (κ1) is 24.9. The molecular weight excluding hydrogens is 464 g/mol. The lowest BCUT2D eigenvalue weighted by atomic mass is 9.69. The highest BCUT2D eigenvalue weighted by molar-refractivity contribution is 5.75. The molecule has 1 saturated carbocycles. The van der Waals surface area contributed by atoms with Gasteiger partial charge in [0.25, 0.3) is 0 Å². The third kappa shape index (κ3) is 4.77. The Morgan fingerprint density at radius 3 is 2.72 bits per heavy atom. The third-order valence-electron chi connectivity index (χ3n) is 8.77. The summed E-state index contributed by atoms with van der Waals surface area (Å²) in [5.74, 6) is -0.929. The molecule has 3 atom stereocenters. The van der Waals surface area contributed by atoms with Crippen molar-refractivity contribution in [3.05, 3.63) is 64.3 Å². The van der Waals surface area contributed by atoms with Gasteiger partial charge in [0.2, 0.25) is 0 Å². The van der Waals surface area contributed by atoms with Crippen LogP contribution in [0.15, 0.2) is 41.5 Å². The average Bonchev–Trinajstić information content (AvgIpc) is 3.34. The molecule has 5 rings (SSSR count). The minimum absolute atomic E-state index is 0.0247. The number of benzene rings is 1. The van der Waals surface area contributed by atoms with Crippen molar-refractivity contribution >= 4 is 6.03 Å². The number of carbonyl (C=O) groups is 1. The Bertz CT molecular complexity index is 1150. The van der Waals surface area contributed by atoms with Gasteiger partial charge in [-0.2, -0.15) is 0 Å². The number of aromatic nitrogens is 2. The van der Waals surface area contributed by atoms with Crippen LogP contribution in [0, 0.1) is 23.0 Å². The van der Waals surface area contributed by atoms with E-state index in [4.69, 9.17) is 0 Å². The van der Waals surface area contributed by atoms with Crippen LogP contribution in [0.3, 0.4) is 0 Å². The minimum atomic E-state index is -0.618. The van der Waals surface area contributed by atoms with Gasteiger partial charge in [-0.05, 0) is 62.6 Å². The Balaban J connectivity index is 1.37. The zero-order valence-electron chi connectivity index (χ0n) is 20.8. The fraction of sp³-hybridized carbons (Fsp3) is 0.593. The average molecular weight is 500 g/mol. The van der Waals surface area contributed by atoms with Crippen molar-refractivity contribution in [3.63, 3.8) is 0 Å². The first-order valence-electron chi connectivity index (χ1n) is 13.1. The van der Waals surface area contributed by atoms with E-state index in [1.165, 1.54) is 18.3 Å². The van der Waals surface area contributed by atoms with Crippen LogP contribution in [0.4, 0.5) is 13.6 Å². The zero-order valence-corrected chi connectivity index (χ0v) is 20.8. The van der Waals surface area contributed by atoms with Gasteiger partial charge in [0.1, 0.15) is 11.6 Å². The molecule has 1 aromatic carbocycles. The summed E-state index contributed by atoms with van der Waals surface area (Å²) in [6.07, 6.45) is 9.81. The molecule has 194 valence electrons. The fourth-order valence-electron chi connectivity index (χ4n) is 6.77. The molecule has 0 radical (unpaired) electrons. The number of hydrogen-bond acceptors (Lipinski definition) is 4. The van der Waals surface area contributed by atoms with Crippen molar-refractivity contribution in [2.45, 2.75) is 63.6 Å². The summed E-state index contributed by atoms with van der Waals surface area (Å²) in [4.78, 5) is 33.8. The summed E-state index contributed by atoms with van der Waals surface area (Å²) in [6, 6.07) is 5.07. The van der Waals surface area contributed by atoms with Crippen molar-refractivity contribution in [3.8, 4) is 0 Å². The summed E-state index contributed by atoms with van der Waals surface area (Å²) < 4.78 is 30.1. The van der Waals surface area contributed by atoms with Gasteiger partial charge in [-0.25, -0.2) is 23.4 Å². The van der Waals surface area contributed by atoms with Crippen molar-refractivity contribution in [2.24, 2.45) is 11.3 Å². The number of nitrogens with one attached hydrogen (secondary N) is 1. The molecule has 9 heteroatoms. The van der Waals surface area contributed by atoms with Crippen LogP contribution in [-0.2, 0) is 6.54 Å². The maximum atomic E-state index is 14.8. The molecule has 2 aliphatic heterocycles. The summed E-state index contributed by atoms with van der Waals surface area (Å²) in [5, 5.41) is 3.27. The Kier molecular flexibility index (Phi) is 7.10. The number of hydrogen-bond donors (Lipinski definition) is 1. The van der Waals surface area contributed by atoms with E-state index in [0.29, 0.717) is 44.1 Å². The number of carbonyl (C=O) groups excluding carboxylic acids is 1. The number of urea groups is 1. The topological polar surface area (TPSA) is 70.5 Å². The fourth-order valence-corrected chi connectivity index (χ4v) is 6.77. The predicted octanol–water partition coefficient (Wildman–Crippen LogP) is 3.95. The quantitative estimate of drug-likeness (QED) is 0.692. The lowest BCUT2D eigenvalue weighted by Gasteiger charge is -2.49. The maximum Gasteiger partial charge on any atom is 0.347 e. The van der Waals surface area contributed by atoms with Crippen LogP contribution in [0.25, 0.3) is 0 Å². The molecule has 3 heterocycles. The zero-order chi connectivity index (χ0) is 25.3. The second kappa shape index (κ2) is 10.3. The minimum Gasteiger partial charge on any atom is -0.324 e. The molecule has 2 aromatic rings. The highest BCUT2D eigenvalue weighted by Crippen LogP contribution is 2.49. The van der Waals surface area contributed by atoms with Crippen molar-refractivity contribution in [1.29, 1.82) is 0 Å². The van der Waals surface area contributed by atoms with Crippen LogP contribution in [0.2, 0.25) is 0 Å². The van der Waals surface area contributed by atoms with Gasteiger partial charge < -0.3 is 15.1 Å². The molecular formula is C27H35F2N5O2. The van der Waals surface area contributed by atoms with Crippen LogP contribution in [0.5, 0.6) is 0 Å². The molecule has 2 amide bonds. The van der Waals surface area contributed by atoms with Gasteiger partial charge in [-0.15, -0.1) is 0 Å². The summed E-state index contributed by atoms with van der Waals surface area (Å²) in [7, 11) is 1.88. The summed E-state index contributed by atoms with van der Waals surface area (Å²) >= 11 is 0. The van der Waals surface area contributed by atoms with Crippen LogP contribution < -0.4 is 11.0 Å². The molecule has 2 unspecified atom stereocenters. The van der Waals surface area contributed by atoms with E-state index < -0.39 is 17.7 Å². The number of piperidine rings is 2. The molecule has 3 fully saturated rings. The first-order chi connectivity index (χ1) is 17.4. The van der Waals surface area contributed by atoms with Gasteiger partial charge >= 0.3 is 11.7 Å². The Morgan fingerprint density at radius 2 is 2.00 bits per heavy atom. The van der Waals surface area contributed by atoms with E-state index in [1.807, 2.05) is 11.9 Å². The van der Waals surface area contributed by atoms with Crippen LogP contribution >= 0.6 is 0 Å². The molecule has 7 nitrogen and oxygen atoms in total. The van der Waals surface area contributed by atoms with Crippen LogP contribution in [0.1, 0.15) is 56.6 Å². The first-order valence-corrected chi connectivity index (χ1v) is 13.1. The molecule has 36 heavy (non-hydrogen) atoms. The summed E-state index contributed by atoms with van der Waals surface area (Å²) in [5.41, 5.74) is 0.107. The molecule has 1 aliphatic carbocycles. The number of nitrogens with zero attached hydrogens (tertiary/aromatic N) is 4. The van der Waals surface area contributed by atoms with Crippen molar-refractivity contribution in [1.82, 2.24) is 24.7 Å². The largest absolute Gasteiger partial charge is 0.347 e. The molecule has 2 saturated heterocycles. The molecule has 1 N–H and O–H groups in total. The summed E-state index contributed by atoms with van der Waals surface area (Å²) in [6.45, 7) is 2.39. The second-order valence-corrected chi connectivity index (χ2v) is 10.7. The predicted molar refractivity (Wildman–Crippen MR) is 132 cm³/mol. The van der Waals surface area contributed by atoms with Gasteiger partial charge in [0.05, 0.1) is 6.04 Å². The normalized spacial score (nSPS) is 25.9. The molecule has 3 aliphatic rings. The monoisotopic (exact) mass is 499 g/mol. The maximum absolute atomic E-state index is 14.8. The Hall–Kier alpha value is -2.81. The Morgan fingerprint density at radius 1 is 1.19 bits per heavy atom. The standard InChI is InChI=1S/C27H35F2N5O2/c1-30-21-8-14-34(24(16-21)22-6-5-20(28)15-23(22)29)26(36)33-13-7-19(27(18-33)9-2-3-10-27)17-32-12-4-11-31-25(32)35/h4-6,11-12,15,19,21,24,30H,2-3,7-10,13-14,16-18H2,1H3/t19-,21?,24?/m0/s1. The lowest BCUT2D eigenvalue weighted by molar-refractivity contribution is 0.0205. The van der Waals surface area contributed by atoms with Gasteiger partial charge in [-0.3, -0.25) is 4.57 Å². The van der Waals surface area contributed by atoms with Crippen LogP contribution in [-0.4, -0.2) is 58.1 Å². The molecule has 0 bridgehead atoms.